The smallest absolute Gasteiger partial charge is 0.307 e. The van der Waals surface area contributed by atoms with Crippen LogP contribution in [0.25, 0.3) is 0 Å². The lowest BCUT2D eigenvalue weighted by molar-refractivity contribution is -0.153. The van der Waals surface area contributed by atoms with Crippen LogP contribution in [0.15, 0.2) is 54.6 Å². The zero-order chi connectivity index (χ0) is 18.8. The minimum Gasteiger partial charge on any atom is -0.481 e. The summed E-state index contributed by atoms with van der Waals surface area (Å²) in [7, 11) is 0. The standard InChI is InChI=1S/C23H25NO3/c25-22(19-12-6-7-13-20(19)23(26)27)24-15-14-16-8-4-5-11-18(16)21(24)17-9-2-1-3-10-17/h1-5,8-11,19-21H,6-7,12-15H2,(H,26,27). The molecule has 1 aliphatic carbocycles. The Morgan fingerprint density at radius 1 is 0.889 bits per heavy atom. The number of carbonyl (C=O) groups excluding carboxylic acids is 1. The van der Waals surface area contributed by atoms with Gasteiger partial charge in [-0.15, -0.1) is 0 Å². The second-order valence-electron chi connectivity index (χ2n) is 7.63. The minimum atomic E-state index is -0.832. The van der Waals surface area contributed by atoms with E-state index in [9.17, 15) is 14.7 Å². The van der Waals surface area contributed by atoms with Gasteiger partial charge < -0.3 is 10.0 Å². The number of carboxylic acid groups (broad SMARTS) is 1. The molecule has 140 valence electrons. The molecule has 1 heterocycles. The van der Waals surface area contributed by atoms with E-state index < -0.39 is 17.8 Å². The van der Waals surface area contributed by atoms with E-state index in [2.05, 4.69) is 24.3 Å². The average Bonchev–Trinajstić information content (AvgIpc) is 2.73. The van der Waals surface area contributed by atoms with Crippen molar-refractivity contribution in [3.8, 4) is 0 Å². The van der Waals surface area contributed by atoms with Gasteiger partial charge in [0, 0.05) is 6.54 Å². The lowest BCUT2D eigenvalue weighted by atomic mass is 9.77. The molecule has 1 aliphatic heterocycles. The van der Waals surface area contributed by atoms with Crippen LogP contribution >= 0.6 is 0 Å². The average molecular weight is 363 g/mol. The first-order valence-electron chi connectivity index (χ1n) is 9.83. The molecule has 27 heavy (non-hydrogen) atoms. The van der Waals surface area contributed by atoms with Crippen molar-refractivity contribution in [1.29, 1.82) is 0 Å². The third kappa shape index (κ3) is 3.36. The molecule has 0 saturated heterocycles. The van der Waals surface area contributed by atoms with Crippen molar-refractivity contribution in [3.63, 3.8) is 0 Å². The van der Waals surface area contributed by atoms with Crippen LogP contribution < -0.4 is 0 Å². The number of carboxylic acids is 1. The van der Waals surface area contributed by atoms with Crippen LogP contribution in [0.5, 0.6) is 0 Å². The van der Waals surface area contributed by atoms with Crippen molar-refractivity contribution in [2.75, 3.05) is 6.54 Å². The Labute approximate surface area is 159 Å². The summed E-state index contributed by atoms with van der Waals surface area (Å²) in [6, 6.07) is 18.2. The van der Waals surface area contributed by atoms with Crippen LogP contribution in [0.4, 0.5) is 0 Å². The van der Waals surface area contributed by atoms with Gasteiger partial charge in [0.25, 0.3) is 0 Å². The summed E-state index contributed by atoms with van der Waals surface area (Å²) in [6.45, 7) is 0.637. The SMILES string of the molecule is O=C(O)C1CCCCC1C(=O)N1CCc2ccccc2C1c1ccccc1. The maximum atomic E-state index is 13.5. The number of hydrogen-bond acceptors (Lipinski definition) is 2. The van der Waals surface area contributed by atoms with Crippen molar-refractivity contribution >= 4 is 11.9 Å². The maximum absolute atomic E-state index is 13.5. The van der Waals surface area contributed by atoms with Crippen molar-refractivity contribution < 1.29 is 14.7 Å². The van der Waals surface area contributed by atoms with E-state index in [0.29, 0.717) is 19.4 Å². The summed E-state index contributed by atoms with van der Waals surface area (Å²) in [6.07, 6.45) is 3.92. The Morgan fingerprint density at radius 3 is 2.30 bits per heavy atom. The number of carbonyl (C=O) groups is 2. The van der Waals surface area contributed by atoms with Crippen molar-refractivity contribution in [3.05, 3.63) is 71.3 Å². The summed E-state index contributed by atoms with van der Waals surface area (Å²) in [4.78, 5) is 27.2. The molecule has 2 aliphatic rings. The quantitative estimate of drug-likeness (QED) is 0.895. The van der Waals surface area contributed by atoms with Crippen molar-refractivity contribution in [1.82, 2.24) is 4.90 Å². The summed E-state index contributed by atoms with van der Waals surface area (Å²) in [5.74, 6) is -1.79. The van der Waals surface area contributed by atoms with Gasteiger partial charge in [0.2, 0.25) is 5.91 Å². The summed E-state index contributed by atoms with van der Waals surface area (Å²) < 4.78 is 0. The van der Waals surface area contributed by atoms with E-state index in [1.165, 1.54) is 5.56 Å². The second-order valence-corrected chi connectivity index (χ2v) is 7.63. The molecule has 0 aromatic heterocycles. The van der Waals surface area contributed by atoms with Crippen LogP contribution in [-0.4, -0.2) is 28.4 Å². The van der Waals surface area contributed by atoms with Gasteiger partial charge in [-0.3, -0.25) is 9.59 Å². The number of fused-ring (bicyclic) bond motifs is 1. The van der Waals surface area contributed by atoms with Gasteiger partial charge in [0.05, 0.1) is 17.9 Å². The van der Waals surface area contributed by atoms with E-state index in [-0.39, 0.29) is 11.9 Å². The molecule has 0 bridgehead atoms. The number of rotatable bonds is 3. The molecule has 2 aromatic rings. The number of amides is 1. The lowest BCUT2D eigenvalue weighted by Gasteiger charge is -2.41. The van der Waals surface area contributed by atoms with Gasteiger partial charge in [-0.1, -0.05) is 67.4 Å². The first-order valence-corrected chi connectivity index (χ1v) is 9.83. The number of nitrogens with zero attached hydrogens (tertiary/aromatic N) is 1. The molecule has 2 aromatic carbocycles. The Hall–Kier alpha value is -2.62. The lowest BCUT2D eigenvalue weighted by Crippen LogP contribution is -2.47. The fraction of sp³-hybridized carbons (Fsp3) is 0.391. The number of aliphatic carboxylic acids is 1. The topological polar surface area (TPSA) is 57.6 Å². The molecule has 3 atom stereocenters. The van der Waals surface area contributed by atoms with E-state index >= 15 is 0 Å². The third-order valence-electron chi connectivity index (χ3n) is 6.08. The van der Waals surface area contributed by atoms with Crippen LogP contribution in [0.2, 0.25) is 0 Å². The molecule has 1 fully saturated rings. The fourth-order valence-electron chi connectivity index (χ4n) is 4.73. The van der Waals surface area contributed by atoms with Gasteiger partial charge in [0.1, 0.15) is 0 Å². The van der Waals surface area contributed by atoms with Crippen molar-refractivity contribution in [2.45, 2.75) is 38.1 Å². The first-order chi connectivity index (χ1) is 13.2. The maximum Gasteiger partial charge on any atom is 0.307 e. The molecule has 4 nitrogen and oxygen atoms in total. The predicted octanol–water partition coefficient (Wildman–Crippen LogP) is 4.05. The summed E-state index contributed by atoms with van der Waals surface area (Å²) in [5, 5.41) is 9.63. The van der Waals surface area contributed by atoms with Gasteiger partial charge in [-0.25, -0.2) is 0 Å². The van der Waals surface area contributed by atoms with Crippen LogP contribution in [-0.2, 0) is 16.0 Å². The largest absolute Gasteiger partial charge is 0.481 e. The molecule has 0 spiro atoms. The Balaban J connectivity index is 1.72. The van der Waals surface area contributed by atoms with Crippen LogP contribution in [0, 0.1) is 11.8 Å². The highest BCUT2D eigenvalue weighted by molar-refractivity contribution is 5.86. The third-order valence-corrected chi connectivity index (χ3v) is 6.08. The Bertz CT molecular complexity index is 833. The molecule has 1 saturated carbocycles. The fourth-order valence-corrected chi connectivity index (χ4v) is 4.73. The molecular weight excluding hydrogens is 338 g/mol. The zero-order valence-corrected chi connectivity index (χ0v) is 15.4. The minimum absolute atomic E-state index is 0.00505. The van der Waals surface area contributed by atoms with Gasteiger partial charge >= 0.3 is 5.97 Å². The van der Waals surface area contributed by atoms with Crippen molar-refractivity contribution in [2.24, 2.45) is 11.8 Å². The highest BCUT2D eigenvalue weighted by Gasteiger charge is 2.41. The van der Waals surface area contributed by atoms with Crippen LogP contribution in [0.3, 0.4) is 0 Å². The highest BCUT2D eigenvalue weighted by Crippen LogP contribution is 2.39. The summed E-state index contributed by atoms with van der Waals surface area (Å²) >= 11 is 0. The molecule has 4 heteroatoms. The molecule has 1 N–H and O–H groups in total. The van der Waals surface area contributed by atoms with E-state index in [4.69, 9.17) is 0 Å². The Kier molecular flexibility index (Phi) is 4.97. The molecular formula is C23H25NO3. The summed E-state index contributed by atoms with van der Waals surface area (Å²) in [5.41, 5.74) is 3.51. The van der Waals surface area contributed by atoms with E-state index in [0.717, 1.165) is 30.4 Å². The second kappa shape index (κ2) is 7.55. The predicted molar refractivity (Wildman–Crippen MR) is 103 cm³/mol. The number of benzene rings is 2. The van der Waals surface area contributed by atoms with E-state index in [1.807, 2.05) is 35.2 Å². The number of hydrogen-bond donors (Lipinski definition) is 1. The molecule has 3 unspecified atom stereocenters. The van der Waals surface area contributed by atoms with Gasteiger partial charge in [-0.2, -0.15) is 0 Å². The highest BCUT2D eigenvalue weighted by atomic mass is 16.4. The van der Waals surface area contributed by atoms with Gasteiger partial charge in [0.15, 0.2) is 0 Å². The normalized spacial score (nSPS) is 24.9. The Morgan fingerprint density at radius 2 is 1.56 bits per heavy atom. The van der Waals surface area contributed by atoms with E-state index in [1.54, 1.807) is 0 Å². The van der Waals surface area contributed by atoms with Gasteiger partial charge in [-0.05, 0) is 36.0 Å². The molecule has 1 amide bonds. The monoisotopic (exact) mass is 363 g/mol. The zero-order valence-electron chi connectivity index (χ0n) is 15.4. The van der Waals surface area contributed by atoms with Crippen LogP contribution in [0.1, 0.15) is 48.4 Å². The molecule has 0 radical (unpaired) electrons. The molecule has 4 rings (SSSR count). The first kappa shape index (κ1) is 17.8.